The summed E-state index contributed by atoms with van der Waals surface area (Å²) in [7, 11) is 0. The van der Waals surface area contributed by atoms with Gasteiger partial charge in [0.15, 0.2) is 0 Å². The van der Waals surface area contributed by atoms with Crippen LogP contribution in [0.1, 0.15) is 24.0 Å². The van der Waals surface area contributed by atoms with E-state index in [0.717, 1.165) is 16.9 Å². The van der Waals surface area contributed by atoms with Crippen molar-refractivity contribution in [2.45, 2.75) is 24.9 Å². The van der Waals surface area contributed by atoms with Crippen molar-refractivity contribution in [3.05, 3.63) is 94.0 Å². The van der Waals surface area contributed by atoms with Crippen LogP contribution in [0, 0.1) is 0 Å². The Hall–Kier alpha value is -2.53. The Morgan fingerprint density at radius 1 is 0.968 bits per heavy atom. The van der Waals surface area contributed by atoms with Crippen LogP contribution >= 0.6 is 23.2 Å². The number of hydrogen-bond acceptors (Lipinski definition) is 3. The molecule has 0 aliphatic carbocycles. The van der Waals surface area contributed by atoms with Crippen LogP contribution in [0.4, 0.5) is 5.69 Å². The van der Waals surface area contributed by atoms with Gasteiger partial charge in [0.25, 0.3) is 0 Å². The highest BCUT2D eigenvalue weighted by atomic mass is 35.5. The van der Waals surface area contributed by atoms with Crippen LogP contribution in [0.3, 0.4) is 0 Å². The van der Waals surface area contributed by atoms with Gasteiger partial charge in [-0.1, -0.05) is 59.6 Å². The minimum absolute atomic E-state index is 0.0991. The van der Waals surface area contributed by atoms with E-state index in [4.69, 9.17) is 32.7 Å². The van der Waals surface area contributed by atoms with E-state index in [9.17, 15) is 4.79 Å². The molecule has 4 nitrogen and oxygen atoms in total. The molecule has 160 valence electrons. The van der Waals surface area contributed by atoms with E-state index in [1.165, 1.54) is 0 Å². The number of amides is 1. The lowest BCUT2D eigenvalue weighted by atomic mass is 9.73. The molecule has 1 saturated heterocycles. The number of nitrogens with one attached hydrogen (secondary N) is 1. The molecule has 0 radical (unpaired) electrons. The molecule has 4 rings (SSSR count). The average molecular weight is 456 g/mol. The Labute approximate surface area is 192 Å². The van der Waals surface area contributed by atoms with Crippen molar-refractivity contribution in [1.82, 2.24) is 0 Å². The summed E-state index contributed by atoms with van der Waals surface area (Å²) in [6.07, 6.45) is 1.11. The summed E-state index contributed by atoms with van der Waals surface area (Å²) >= 11 is 12.6. The molecule has 0 aromatic heterocycles. The summed E-state index contributed by atoms with van der Waals surface area (Å²) in [5, 5.41) is 4.09. The van der Waals surface area contributed by atoms with Crippen molar-refractivity contribution < 1.29 is 14.3 Å². The summed E-state index contributed by atoms with van der Waals surface area (Å²) in [6.45, 7) is 1.49. The van der Waals surface area contributed by atoms with Gasteiger partial charge in [0, 0.05) is 28.9 Å². The van der Waals surface area contributed by atoms with Gasteiger partial charge in [0.05, 0.1) is 5.41 Å². The molecule has 1 aliphatic rings. The summed E-state index contributed by atoms with van der Waals surface area (Å²) < 4.78 is 11.3. The predicted molar refractivity (Wildman–Crippen MR) is 124 cm³/mol. The van der Waals surface area contributed by atoms with E-state index >= 15 is 0 Å². The molecule has 3 aromatic rings. The Bertz CT molecular complexity index is 1030. The van der Waals surface area contributed by atoms with Crippen LogP contribution in [0.25, 0.3) is 0 Å². The lowest BCUT2D eigenvalue weighted by molar-refractivity contribution is -0.125. The van der Waals surface area contributed by atoms with Crippen molar-refractivity contribution in [3.8, 4) is 5.75 Å². The van der Waals surface area contributed by atoms with E-state index in [-0.39, 0.29) is 5.91 Å². The molecule has 1 heterocycles. The van der Waals surface area contributed by atoms with Crippen LogP contribution in [0.5, 0.6) is 5.75 Å². The maximum Gasteiger partial charge on any atom is 0.235 e. The minimum Gasteiger partial charge on any atom is -0.489 e. The highest BCUT2D eigenvalue weighted by Crippen LogP contribution is 2.40. The number of rotatable bonds is 6. The smallest absolute Gasteiger partial charge is 0.235 e. The van der Waals surface area contributed by atoms with Crippen molar-refractivity contribution in [2.75, 3.05) is 18.5 Å². The first-order valence-corrected chi connectivity index (χ1v) is 10.9. The molecule has 0 spiro atoms. The van der Waals surface area contributed by atoms with E-state index < -0.39 is 5.41 Å². The van der Waals surface area contributed by atoms with Crippen LogP contribution < -0.4 is 10.1 Å². The van der Waals surface area contributed by atoms with E-state index in [2.05, 4.69) is 5.32 Å². The standard InChI is InChI=1S/C25H23Cl2NO3/c26-19-6-11-22(23(27)16-19)25(12-14-30-15-13-25)24(29)28-20-7-9-21(10-8-20)31-17-18-4-2-1-3-5-18/h1-11,16H,12-15,17H2,(H,28,29). The van der Waals surface area contributed by atoms with Gasteiger partial charge in [0.1, 0.15) is 12.4 Å². The Kier molecular flexibility index (Phi) is 6.81. The van der Waals surface area contributed by atoms with Crippen molar-refractivity contribution in [2.24, 2.45) is 0 Å². The minimum atomic E-state index is -0.762. The fourth-order valence-corrected chi connectivity index (χ4v) is 4.43. The topological polar surface area (TPSA) is 47.6 Å². The van der Waals surface area contributed by atoms with Gasteiger partial charge in [-0.15, -0.1) is 0 Å². The zero-order valence-electron chi connectivity index (χ0n) is 16.9. The Balaban J connectivity index is 1.48. The number of carbonyl (C=O) groups is 1. The third kappa shape index (κ3) is 5.04. The van der Waals surface area contributed by atoms with Crippen LogP contribution in [-0.4, -0.2) is 19.1 Å². The molecule has 3 aromatic carbocycles. The Morgan fingerprint density at radius 3 is 2.35 bits per heavy atom. The SMILES string of the molecule is O=C(Nc1ccc(OCc2ccccc2)cc1)C1(c2ccc(Cl)cc2Cl)CCOCC1. The van der Waals surface area contributed by atoms with Gasteiger partial charge in [-0.2, -0.15) is 0 Å². The van der Waals surface area contributed by atoms with Gasteiger partial charge in [-0.25, -0.2) is 0 Å². The molecule has 0 bridgehead atoms. The summed E-state index contributed by atoms with van der Waals surface area (Å²) in [5.41, 5.74) is 1.82. The molecule has 1 N–H and O–H groups in total. The molecule has 31 heavy (non-hydrogen) atoms. The van der Waals surface area contributed by atoms with Crippen molar-refractivity contribution in [3.63, 3.8) is 0 Å². The van der Waals surface area contributed by atoms with E-state index in [1.807, 2.05) is 60.7 Å². The lowest BCUT2D eigenvalue weighted by Crippen LogP contribution is -2.45. The summed E-state index contributed by atoms with van der Waals surface area (Å²) in [6, 6.07) is 22.7. The maximum atomic E-state index is 13.4. The zero-order valence-corrected chi connectivity index (χ0v) is 18.5. The number of halogens is 2. The highest BCUT2D eigenvalue weighted by molar-refractivity contribution is 6.35. The van der Waals surface area contributed by atoms with Gasteiger partial charge in [-0.05, 0) is 60.4 Å². The van der Waals surface area contributed by atoms with Crippen LogP contribution in [-0.2, 0) is 21.6 Å². The van der Waals surface area contributed by atoms with E-state index in [1.54, 1.807) is 12.1 Å². The zero-order chi connectivity index (χ0) is 21.7. The number of anilines is 1. The van der Waals surface area contributed by atoms with Crippen molar-refractivity contribution in [1.29, 1.82) is 0 Å². The Morgan fingerprint density at radius 2 is 1.68 bits per heavy atom. The van der Waals surface area contributed by atoms with Gasteiger partial charge < -0.3 is 14.8 Å². The molecule has 0 unspecified atom stereocenters. The van der Waals surface area contributed by atoms with Gasteiger partial charge >= 0.3 is 0 Å². The third-order valence-corrected chi connectivity index (χ3v) is 6.14. The summed E-state index contributed by atoms with van der Waals surface area (Å²) in [4.78, 5) is 13.4. The monoisotopic (exact) mass is 455 g/mol. The van der Waals surface area contributed by atoms with E-state index in [0.29, 0.717) is 48.4 Å². The largest absolute Gasteiger partial charge is 0.489 e. The molecular formula is C25H23Cl2NO3. The van der Waals surface area contributed by atoms with Crippen LogP contribution in [0.2, 0.25) is 10.0 Å². The molecule has 1 amide bonds. The molecule has 0 atom stereocenters. The first kappa shape index (κ1) is 21.7. The maximum absolute atomic E-state index is 13.4. The van der Waals surface area contributed by atoms with Gasteiger partial charge in [-0.3, -0.25) is 4.79 Å². The molecular weight excluding hydrogens is 433 g/mol. The molecule has 1 fully saturated rings. The lowest BCUT2D eigenvalue weighted by Gasteiger charge is -2.36. The third-order valence-electron chi connectivity index (χ3n) is 5.59. The highest BCUT2D eigenvalue weighted by Gasteiger charge is 2.43. The number of carbonyl (C=O) groups excluding carboxylic acids is 1. The fourth-order valence-electron chi connectivity index (χ4n) is 3.84. The molecule has 1 aliphatic heterocycles. The number of benzene rings is 3. The number of ether oxygens (including phenoxy) is 2. The average Bonchev–Trinajstić information content (AvgIpc) is 2.80. The summed E-state index contributed by atoms with van der Waals surface area (Å²) in [5.74, 6) is 0.640. The molecule has 6 heteroatoms. The van der Waals surface area contributed by atoms with Crippen LogP contribution in [0.15, 0.2) is 72.8 Å². The number of hydrogen-bond donors (Lipinski definition) is 1. The second kappa shape index (κ2) is 9.73. The quantitative estimate of drug-likeness (QED) is 0.476. The second-order valence-corrected chi connectivity index (χ2v) is 8.42. The first-order chi connectivity index (χ1) is 15.1. The fraction of sp³-hybridized carbons (Fsp3) is 0.240. The first-order valence-electron chi connectivity index (χ1n) is 10.2. The normalized spacial score (nSPS) is 15.3. The van der Waals surface area contributed by atoms with Crippen molar-refractivity contribution >= 4 is 34.8 Å². The van der Waals surface area contributed by atoms with Gasteiger partial charge in [0.2, 0.25) is 5.91 Å². The second-order valence-electron chi connectivity index (χ2n) is 7.57. The predicted octanol–water partition coefficient (Wildman–Crippen LogP) is 6.26. The molecule has 0 saturated carbocycles.